The van der Waals surface area contributed by atoms with E-state index in [1.807, 2.05) is 31.2 Å². The second kappa shape index (κ2) is 7.97. The Morgan fingerprint density at radius 1 is 1.32 bits per heavy atom. The minimum atomic E-state index is -0.726. The van der Waals surface area contributed by atoms with Gasteiger partial charge in [0.25, 0.3) is 5.56 Å². The van der Waals surface area contributed by atoms with Crippen LogP contribution in [-0.4, -0.2) is 22.3 Å². The van der Waals surface area contributed by atoms with Crippen molar-refractivity contribution in [1.29, 1.82) is 0 Å². The zero-order valence-corrected chi connectivity index (χ0v) is 17.2. The van der Waals surface area contributed by atoms with E-state index in [0.29, 0.717) is 5.82 Å². The van der Waals surface area contributed by atoms with Crippen LogP contribution >= 0.6 is 15.9 Å². The number of methoxy groups -OCH3 is 1. The van der Waals surface area contributed by atoms with Gasteiger partial charge >= 0.3 is 0 Å². The maximum absolute atomic E-state index is 13.8. The minimum absolute atomic E-state index is 0.0388. The first-order valence-electron chi connectivity index (χ1n) is 8.53. The van der Waals surface area contributed by atoms with Crippen molar-refractivity contribution in [3.05, 3.63) is 80.4 Å². The summed E-state index contributed by atoms with van der Waals surface area (Å²) >= 11 is 3.24. The first-order valence-corrected chi connectivity index (χ1v) is 9.32. The lowest BCUT2D eigenvalue weighted by Crippen LogP contribution is -2.42. The van der Waals surface area contributed by atoms with E-state index < -0.39 is 23.3 Å². The summed E-state index contributed by atoms with van der Waals surface area (Å²) in [7, 11) is 1.58. The summed E-state index contributed by atoms with van der Waals surface area (Å²) in [6.07, 6.45) is 7.43. The quantitative estimate of drug-likeness (QED) is 0.680. The maximum Gasteiger partial charge on any atom is 0.272 e. The van der Waals surface area contributed by atoms with E-state index in [0.717, 1.165) is 12.1 Å². The fourth-order valence-electron chi connectivity index (χ4n) is 3.04. The summed E-state index contributed by atoms with van der Waals surface area (Å²) in [6.45, 7) is 3.36. The summed E-state index contributed by atoms with van der Waals surface area (Å²) in [5, 5.41) is 0. The molecule has 2 atom stereocenters. The Bertz CT molecular complexity index is 1020. The van der Waals surface area contributed by atoms with Gasteiger partial charge in [-0.2, -0.15) is 4.98 Å². The molecule has 5 nitrogen and oxygen atoms in total. The van der Waals surface area contributed by atoms with E-state index in [4.69, 9.17) is 9.47 Å². The van der Waals surface area contributed by atoms with Gasteiger partial charge in [0, 0.05) is 18.7 Å². The molecule has 1 aromatic carbocycles. The Kier molecular flexibility index (Phi) is 5.81. The maximum atomic E-state index is 13.8. The van der Waals surface area contributed by atoms with Crippen LogP contribution in [0.4, 0.5) is 8.78 Å². The van der Waals surface area contributed by atoms with E-state index in [-0.39, 0.29) is 28.1 Å². The first-order chi connectivity index (χ1) is 13.3. The topological polar surface area (TPSA) is 53.4 Å². The van der Waals surface area contributed by atoms with Crippen molar-refractivity contribution in [3.63, 3.8) is 0 Å². The van der Waals surface area contributed by atoms with Gasteiger partial charge in [0.15, 0.2) is 0 Å². The number of hydrogen-bond acceptors (Lipinski definition) is 4. The van der Waals surface area contributed by atoms with Gasteiger partial charge in [0.05, 0.1) is 6.04 Å². The number of benzene rings is 1. The SMILES string of the molecule is COC1(C)C=CC=CC1n1c(C)nc(OCc2ccc(F)cc2F)c(Br)c1=O. The Labute approximate surface area is 169 Å². The smallest absolute Gasteiger partial charge is 0.272 e. The zero-order valence-electron chi connectivity index (χ0n) is 15.6. The average Bonchev–Trinajstić information content (AvgIpc) is 2.66. The number of rotatable bonds is 5. The van der Waals surface area contributed by atoms with Crippen LogP contribution in [0.1, 0.15) is 24.4 Å². The molecule has 0 saturated heterocycles. The molecule has 28 heavy (non-hydrogen) atoms. The number of halogens is 3. The van der Waals surface area contributed by atoms with Crippen molar-refractivity contribution >= 4 is 15.9 Å². The summed E-state index contributed by atoms with van der Waals surface area (Å²) in [5.74, 6) is -0.945. The normalized spacial score (nSPS) is 21.1. The van der Waals surface area contributed by atoms with Crippen LogP contribution in [0.3, 0.4) is 0 Å². The molecule has 148 valence electrons. The molecule has 0 bridgehead atoms. The summed E-state index contributed by atoms with van der Waals surface area (Å²) in [4.78, 5) is 17.3. The van der Waals surface area contributed by atoms with Crippen LogP contribution in [0.25, 0.3) is 0 Å². The first kappa shape index (κ1) is 20.4. The third-order valence-corrected chi connectivity index (χ3v) is 5.40. The molecule has 2 aromatic rings. The van der Waals surface area contributed by atoms with Crippen molar-refractivity contribution in [2.45, 2.75) is 32.1 Å². The lowest BCUT2D eigenvalue weighted by atomic mass is 9.91. The minimum Gasteiger partial charge on any atom is -0.472 e. The van der Waals surface area contributed by atoms with Crippen molar-refractivity contribution in [2.24, 2.45) is 0 Å². The second-order valence-corrected chi connectivity index (χ2v) is 7.35. The predicted molar refractivity (Wildman–Crippen MR) is 104 cm³/mol. The van der Waals surface area contributed by atoms with Gasteiger partial charge in [0.2, 0.25) is 5.88 Å². The van der Waals surface area contributed by atoms with Crippen LogP contribution in [0, 0.1) is 18.6 Å². The third kappa shape index (κ3) is 3.79. The summed E-state index contributed by atoms with van der Waals surface area (Å²) < 4.78 is 39.6. The van der Waals surface area contributed by atoms with E-state index in [9.17, 15) is 13.6 Å². The Morgan fingerprint density at radius 2 is 2.07 bits per heavy atom. The number of ether oxygens (including phenoxy) is 2. The van der Waals surface area contributed by atoms with E-state index in [1.54, 1.807) is 14.0 Å². The van der Waals surface area contributed by atoms with Crippen molar-refractivity contribution in [1.82, 2.24) is 9.55 Å². The van der Waals surface area contributed by atoms with Crippen LogP contribution in [0.15, 0.2) is 51.8 Å². The number of aryl methyl sites for hydroxylation is 1. The van der Waals surface area contributed by atoms with Crippen LogP contribution < -0.4 is 10.3 Å². The van der Waals surface area contributed by atoms with Gasteiger partial charge in [-0.25, -0.2) is 8.78 Å². The molecule has 1 heterocycles. The zero-order chi connectivity index (χ0) is 20.5. The molecule has 0 spiro atoms. The van der Waals surface area contributed by atoms with Crippen molar-refractivity contribution < 1.29 is 18.3 Å². The Morgan fingerprint density at radius 3 is 2.75 bits per heavy atom. The Hall–Kier alpha value is -2.32. The predicted octanol–water partition coefficient (Wildman–Crippen LogP) is 4.24. The monoisotopic (exact) mass is 452 g/mol. The molecule has 3 rings (SSSR count). The van der Waals surface area contributed by atoms with E-state index >= 15 is 0 Å². The number of hydrogen-bond donors (Lipinski definition) is 0. The highest BCUT2D eigenvalue weighted by Crippen LogP contribution is 2.33. The van der Waals surface area contributed by atoms with Crippen molar-refractivity contribution in [3.8, 4) is 5.88 Å². The second-order valence-electron chi connectivity index (χ2n) is 6.55. The van der Waals surface area contributed by atoms with Gasteiger partial charge in [-0.15, -0.1) is 0 Å². The van der Waals surface area contributed by atoms with Gasteiger partial charge < -0.3 is 9.47 Å². The summed E-state index contributed by atoms with van der Waals surface area (Å²) in [6, 6.07) is 2.80. The van der Waals surface area contributed by atoms with E-state index in [2.05, 4.69) is 20.9 Å². The van der Waals surface area contributed by atoms with Crippen LogP contribution in [0.5, 0.6) is 5.88 Å². The van der Waals surface area contributed by atoms with E-state index in [1.165, 1.54) is 10.6 Å². The highest BCUT2D eigenvalue weighted by atomic mass is 79.9. The molecule has 8 heteroatoms. The molecular weight excluding hydrogens is 434 g/mol. The summed E-state index contributed by atoms with van der Waals surface area (Å²) in [5.41, 5.74) is -0.913. The fraction of sp³-hybridized carbons (Fsp3) is 0.300. The Balaban J connectivity index is 1.94. The number of aromatic nitrogens is 2. The molecule has 2 unspecified atom stereocenters. The molecule has 0 saturated carbocycles. The largest absolute Gasteiger partial charge is 0.472 e. The standard InChI is InChI=1S/C20H19BrF2N2O3/c1-12-24-18(28-11-13-7-8-14(22)10-15(13)23)17(21)19(26)25(12)16-6-4-5-9-20(16,2)27-3/h4-10,16H,11H2,1-3H3. The molecular formula is C20H19BrF2N2O3. The third-order valence-electron chi connectivity index (χ3n) is 4.72. The van der Waals surface area contributed by atoms with Crippen LogP contribution in [0.2, 0.25) is 0 Å². The number of allylic oxidation sites excluding steroid dienone is 2. The van der Waals surface area contributed by atoms with Gasteiger partial charge in [0.1, 0.15) is 34.1 Å². The highest BCUT2D eigenvalue weighted by molar-refractivity contribution is 9.10. The molecule has 1 aliphatic rings. The lowest BCUT2D eigenvalue weighted by Gasteiger charge is -2.35. The highest BCUT2D eigenvalue weighted by Gasteiger charge is 2.35. The number of nitrogens with zero attached hydrogens (tertiary/aromatic N) is 2. The lowest BCUT2D eigenvalue weighted by molar-refractivity contribution is 0.0147. The molecule has 0 N–H and O–H groups in total. The molecule has 0 radical (unpaired) electrons. The molecule has 1 aliphatic carbocycles. The molecule has 1 aromatic heterocycles. The fourth-order valence-corrected chi connectivity index (χ4v) is 3.43. The van der Waals surface area contributed by atoms with Gasteiger partial charge in [-0.05, 0) is 41.9 Å². The van der Waals surface area contributed by atoms with Crippen LogP contribution in [-0.2, 0) is 11.3 Å². The van der Waals surface area contributed by atoms with Crippen molar-refractivity contribution in [2.75, 3.05) is 7.11 Å². The molecule has 0 aliphatic heterocycles. The molecule has 0 amide bonds. The average molecular weight is 453 g/mol. The molecule has 0 fully saturated rings. The van der Waals surface area contributed by atoms with Gasteiger partial charge in [-0.3, -0.25) is 9.36 Å². The van der Waals surface area contributed by atoms with Gasteiger partial charge in [-0.1, -0.05) is 24.3 Å².